The number of furan rings is 1. The van der Waals surface area contributed by atoms with Gasteiger partial charge in [0.15, 0.2) is 28.9 Å². The zero-order valence-corrected chi connectivity index (χ0v) is 17.8. The predicted octanol–water partition coefficient (Wildman–Crippen LogP) is 4.83. The minimum absolute atomic E-state index is 0.0444. The van der Waals surface area contributed by atoms with Crippen molar-refractivity contribution in [3.05, 3.63) is 60.4 Å². The van der Waals surface area contributed by atoms with Crippen LogP contribution in [-0.2, 0) is 4.79 Å². The van der Waals surface area contributed by atoms with Crippen molar-refractivity contribution in [1.82, 2.24) is 9.97 Å². The maximum Gasteiger partial charge on any atom is 0.224 e. The number of nitrogens with one attached hydrogen (secondary N) is 2. The summed E-state index contributed by atoms with van der Waals surface area (Å²) in [6, 6.07) is 14.2. The van der Waals surface area contributed by atoms with Gasteiger partial charge in [-0.1, -0.05) is 0 Å². The van der Waals surface area contributed by atoms with Crippen molar-refractivity contribution < 1.29 is 23.5 Å². The molecule has 0 atom stereocenters. The minimum atomic E-state index is -0.113. The van der Waals surface area contributed by atoms with Crippen LogP contribution in [0.3, 0.4) is 0 Å². The van der Waals surface area contributed by atoms with Crippen LogP contribution < -0.4 is 14.8 Å². The number of anilines is 1. The first-order valence-electron chi connectivity index (χ1n) is 10.2. The van der Waals surface area contributed by atoms with Gasteiger partial charge in [-0.05, 0) is 61.9 Å². The third-order valence-electron chi connectivity index (χ3n) is 4.90. The molecule has 0 bridgehead atoms. The van der Waals surface area contributed by atoms with Gasteiger partial charge < -0.3 is 24.2 Å². The van der Waals surface area contributed by atoms with Crippen LogP contribution in [0.25, 0.3) is 22.6 Å². The molecule has 0 fully saturated rings. The SMILES string of the molecule is COc1cc(C(C)=O)ccc1OCCCC(=O)Nc1ccc2nc(-c3ccco3)[nH]c2c1. The first-order chi connectivity index (χ1) is 15.5. The van der Waals surface area contributed by atoms with Crippen LogP contribution in [0, 0.1) is 0 Å². The number of methoxy groups -OCH3 is 1. The normalized spacial score (nSPS) is 10.8. The average molecular weight is 433 g/mol. The van der Waals surface area contributed by atoms with E-state index < -0.39 is 0 Å². The van der Waals surface area contributed by atoms with Crippen molar-refractivity contribution in [2.45, 2.75) is 19.8 Å². The summed E-state index contributed by atoms with van der Waals surface area (Å²) in [6.07, 6.45) is 2.42. The number of Topliss-reactive ketones (excluding diaryl/α,β-unsaturated/α-hetero) is 1. The van der Waals surface area contributed by atoms with Crippen molar-refractivity contribution in [1.29, 1.82) is 0 Å². The number of hydrogen-bond donors (Lipinski definition) is 2. The molecule has 8 heteroatoms. The lowest BCUT2D eigenvalue weighted by Gasteiger charge is -2.11. The second-order valence-corrected chi connectivity index (χ2v) is 7.22. The van der Waals surface area contributed by atoms with Gasteiger partial charge in [0, 0.05) is 17.7 Å². The summed E-state index contributed by atoms with van der Waals surface area (Å²) in [4.78, 5) is 31.5. The number of H-pyrrole nitrogens is 1. The van der Waals surface area contributed by atoms with E-state index in [1.54, 1.807) is 30.5 Å². The summed E-state index contributed by atoms with van der Waals surface area (Å²) in [5.74, 6) is 2.16. The number of ether oxygens (including phenoxy) is 2. The van der Waals surface area contributed by atoms with Gasteiger partial charge in [0.1, 0.15) is 0 Å². The molecule has 2 heterocycles. The number of carbonyl (C=O) groups excluding carboxylic acids is 2. The Morgan fingerprint density at radius 2 is 2.00 bits per heavy atom. The van der Waals surface area contributed by atoms with Gasteiger partial charge >= 0.3 is 0 Å². The number of amides is 1. The summed E-state index contributed by atoms with van der Waals surface area (Å²) in [5, 5.41) is 2.89. The van der Waals surface area contributed by atoms with Crippen LogP contribution in [-0.4, -0.2) is 35.4 Å². The Morgan fingerprint density at radius 3 is 2.75 bits per heavy atom. The third kappa shape index (κ3) is 4.80. The number of aromatic amines is 1. The molecule has 0 aliphatic heterocycles. The Hall–Kier alpha value is -4.07. The molecule has 4 aromatic rings. The van der Waals surface area contributed by atoms with E-state index in [2.05, 4.69) is 15.3 Å². The van der Waals surface area contributed by atoms with Gasteiger partial charge in [0.2, 0.25) is 5.91 Å². The molecule has 4 rings (SSSR count). The van der Waals surface area contributed by atoms with Gasteiger partial charge in [-0.15, -0.1) is 0 Å². The quantitative estimate of drug-likeness (QED) is 0.289. The average Bonchev–Trinajstić information content (AvgIpc) is 3.46. The molecule has 0 saturated carbocycles. The van der Waals surface area contributed by atoms with E-state index in [9.17, 15) is 9.59 Å². The molecule has 2 aromatic carbocycles. The molecule has 32 heavy (non-hydrogen) atoms. The molecule has 0 aliphatic rings. The topological polar surface area (TPSA) is 106 Å². The van der Waals surface area contributed by atoms with Crippen LogP contribution in [0.5, 0.6) is 11.5 Å². The molecule has 8 nitrogen and oxygen atoms in total. The lowest BCUT2D eigenvalue weighted by Crippen LogP contribution is -2.13. The number of nitrogens with zero attached hydrogens (tertiary/aromatic N) is 1. The van der Waals surface area contributed by atoms with Crippen LogP contribution in [0.4, 0.5) is 5.69 Å². The Bertz CT molecular complexity index is 1240. The molecule has 1 amide bonds. The number of aromatic nitrogens is 2. The van der Waals surface area contributed by atoms with Crippen molar-refractivity contribution in [2.75, 3.05) is 19.0 Å². The Labute approximate surface area is 184 Å². The number of ketones is 1. The number of fused-ring (bicyclic) bond motifs is 1. The van der Waals surface area contributed by atoms with Crippen molar-refractivity contribution in [3.8, 4) is 23.1 Å². The minimum Gasteiger partial charge on any atom is -0.493 e. The highest BCUT2D eigenvalue weighted by Crippen LogP contribution is 2.28. The van der Waals surface area contributed by atoms with E-state index in [1.165, 1.54) is 14.0 Å². The van der Waals surface area contributed by atoms with Gasteiger partial charge in [0.05, 0.1) is 31.0 Å². The summed E-state index contributed by atoms with van der Waals surface area (Å²) < 4.78 is 16.4. The Morgan fingerprint density at radius 1 is 1.12 bits per heavy atom. The summed E-state index contributed by atoms with van der Waals surface area (Å²) in [6.45, 7) is 1.84. The maximum absolute atomic E-state index is 12.3. The van der Waals surface area contributed by atoms with Crippen molar-refractivity contribution >= 4 is 28.4 Å². The molecule has 0 unspecified atom stereocenters. The molecule has 0 radical (unpaired) electrons. The molecular weight excluding hydrogens is 410 g/mol. The van der Waals surface area contributed by atoms with Gasteiger partial charge in [-0.3, -0.25) is 9.59 Å². The van der Waals surface area contributed by atoms with Crippen LogP contribution >= 0.6 is 0 Å². The van der Waals surface area contributed by atoms with E-state index in [0.29, 0.717) is 53.8 Å². The van der Waals surface area contributed by atoms with Crippen LogP contribution in [0.2, 0.25) is 0 Å². The standard InChI is InChI=1S/C24H23N3O5/c1-15(28)16-7-10-20(22(13-16)30-2)31-12-4-6-23(29)25-17-8-9-18-19(14-17)27-24(26-18)21-5-3-11-32-21/h3,5,7-11,13-14H,4,6,12H2,1-2H3,(H,25,29)(H,26,27). The monoisotopic (exact) mass is 433 g/mol. The fourth-order valence-corrected chi connectivity index (χ4v) is 3.26. The summed E-state index contributed by atoms with van der Waals surface area (Å²) in [5.41, 5.74) is 2.82. The highest BCUT2D eigenvalue weighted by atomic mass is 16.5. The summed E-state index contributed by atoms with van der Waals surface area (Å²) in [7, 11) is 1.52. The number of imidazole rings is 1. The van der Waals surface area contributed by atoms with Gasteiger partial charge in [-0.25, -0.2) is 4.98 Å². The van der Waals surface area contributed by atoms with Gasteiger partial charge in [-0.2, -0.15) is 0 Å². The highest BCUT2D eigenvalue weighted by molar-refractivity contribution is 5.95. The molecule has 164 valence electrons. The Balaban J connectivity index is 1.29. The number of carbonyl (C=O) groups is 2. The second-order valence-electron chi connectivity index (χ2n) is 7.22. The second kappa shape index (κ2) is 9.38. The van der Waals surface area contributed by atoms with E-state index in [4.69, 9.17) is 13.9 Å². The molecule has 0 saturated heterocycles. The van der Waals surface area contributed by atoms with E-state index >= 15 is 0 Å². The van der Waals surface area contributed by atoms with Crippen molar-refractivity contribution in [3.63, 3.8) is 0 Å². The zero-order chi connectivity index (χ0) is 22.5. The number of hydrogen-bond acceptors (Lipinski definition) is 6. The fraction of sp³-hybridized carbons (Fsp3) is 0.208. The molecule has 2 aromatic heterocycles. The van der Waals surface area contributed by atoms with E-state index in [1.807, 2.05) is 24.3 Å². The van der Waals surface area contributed by atoms with Crippen LogP contribution in [0.1, 0.15) is 30.1 Å². The van der Waals surface area contributed by atoms with E-state index in [0.717, 1.165) is 11.0 Å². The number of rotatable bonds is 9. The highest BCUT2D eigenvalue weighted by Gasteiger charge is 2.11. The lowest BCUT2D eigenvalue weighted by molar-refractivity contribution is -0.116. The summed E-state index contributed by atoms with van der Waals surface area (Å²) >= 11 is 0. The maximum atomic E-state index is 12.3. The first kappa shape index (κ1) is 21.2. The zero-order valence-electron chi connectivity index (χ0n) is 17.8. The lowest BCUT2D eigenvalue weighted by atomic mass is 10.1. The molecular formula is C24H23N3O5. The first-order valence-corrected chi connectivity index (χ1v) is 10.2. The molecule has 0 aliphatic carbocycles. The number of benzene rings is 2. The third-order valence-corrected chi connectivity index (χ3v) is 4.90. The Kier molecular flexibility index (Phi) is 6.21. The van der Waals surface area contributed by atoms with Crippen LogP contribution in [0.15, 0.2) is 59.2 Å². The predicted molar refractivity (Wildman–Crippen MR) is 120 cm³/mol. The molecule has 0 spiro atoms. The largest absolute Gasteiger partial charge is 0.493 e. The molecule has 2 N–H and O–H groups in total. The van der Waals surface area contributed by atoms with Gasteiger partial charge in [0.25, 0.3) is 0 Å². The van der Waals surface area contributed by atoms with Crippen molar-refractivity contribution in [2.24, 2.45) is 0 Å². The fourth-order valence-electron chi connectivity index (χ4n) is 3.26. The smallest absolute Gasteiger partial charge is 0.224 e. The van der Waals surface area contributed by atoms with E-state index in [-0.39, 0.29) is 11.7 Å².